The zero-order valence-corrected chi connectivity index (χ0v) is 17.9. The van der Waals surface area contributed by atoms with Gasteiger partial charge in [-0.1, -0.05) is 48.5 Å². The van der Waals surface area contributed by atoms with Crippen LogP contribution < -0.4 is 0 Å². The van der Waals surface area contributed by atoms with E-state index in [4.69, 9.17) is 0 Å². The summed E-state index contributed by atoms with van der Waals surface area (Å²) in [5, 5.41) is 15.4. The molecule has 0 radical (unpaired) electrons. The minimum atomic E-state index is -1.88. The number of aromatic nitrogens is 3. The molecule has 0 aliphatic rings. The lowest BCUT2D eigenvalue weighted by atomic mass is 9.92. The zero-order valence-electron chi connectivity index (χ0n) is 17.9. The van der Waals surface area contributed by atoms with Gasteiger partial charge in [-0.2, -0.15) is 5.10 Å². The van der Waals surface area contributed by atoms with Gasteiger partial charge in [0.15, 0.2) is 0 Å². The summed E-state index contributed by atoms with van der Waals surface area (Å²) < 4.78 is 29.4. The molecule has 8 heteroatoms. The van der Waals surface area contributed by atoms with E-state index in [0.29, 0.717) is 11.6 Å². The average molecular weight is 448 g/mol. The van der Waals surface area contributed by atoms with E-state index in [0.717, 1.165) is 17.2 Å². The predicted octanol–water partition coefficient (Wildman–Crippen LogP) is 3.88. The Hall–Kier alpha value is -3.91. The number of rotatable bonds is 7. The van der Waals surface area contributed by atoms with Gasteiger partial charge in [-0.25, -0.2) is 18.4 Å². The van der Waals surface area contributed by atoms with Gasteiger partial charge < -0.3 is 10.0 Å². The van der Waals surface area contributed by atoms with E-state index < -0.39 is 17.2 Å². The molecule has 1 atom stereocenters. The summed E-state index contributed by atoms with van der Waals surface area (Å²) in [6.45, 7) is -0.436. The van der Waals surface area contributed by atoms with Gasteiger partial charge in [0, 0.05) is 24.2 Å². The van der Waals surface area contributed by atoms with Crippen molar-refractivity contribution >= 4 is 5.91 Å². The fourth-order valence-electron chi connectivity index (χ4n) is 3.79. The molecule has 1 aromatic heterocycles. The van der Waals surface area contributed by atoms with Crippen LogP contribution in [0.25, 0.3) is 11.1 Å². The number of halogens is 2. The molecule has 0 aliphatic carbocycles. The van der Waals surface area contributed by atoms with Gasteiger partial charge in [-0.15, -0.1) is 0 Å². The summed E-state index contributed by atoms with van der Waals surface area (Å²) in [7, 11) is 1.52. The SMILES string of the molecule is CN(CC(O)(Cn1cncn1)c1ccc(F)cc1F)C(=O)c1ccc(-c2ccccc2)cc1. The molecule has 1 heterocycles. The number of carbonyl (C=O) groups is 1. The summed E-state index contributed by atoms with van der Waals surface area (Å²) in [5.74, 6) is -2.03. The largest absolute Gasteiger partial charge is 0.381 e. The fourth-order valence-corrected chi connectivity index (χ4v) is 3.79. The Morgan fingerprint density at radius 1 is 1.03 bits per heavy atom. The number of benzene rings is 3. The van der Waals surface area contributed by atoms with Crippen molar-refractivity contribution in [2.24, 2.45) is 0 Å². The van der Waals surface area contributed by atoms with E-state index in [1.54, 1.807) is 12.1 Å². The molecular formula is C25H22F2N4O2. The van der Waals surface area contributed by atoms with E-state index >= 15 is 0 Å². The van der Waals surface area contributed by atoms with Gasteiger partial charge >= 0.3 is 0 Å². The minimum Gasteiger partial charge on any atom is -0.381 e. The highest BCUT2D eigenvalue weighted by molar-refractivity contribution is 5.94. The van der Waals surface area contributed by atoms with E-state index in [1.807, 2.05) is 42.5 Å². The third kappa shape index (κ3) is 4.96. The second kappa shape index (κ2) is 9.30. The highest BCUT2D eigenvalue weighted by atomic mass is 19.1. The summed E-state index contributed by atoms with van der Waals surface area (Å²) in [6, 6.07) is 19.8. The van der Waals surface area contributed by atoms with Crippen LogP contribution in [0.2, 0.25) is 0 Å². The van der Waals surface area contributed by atoms with Gasteiger partial charge in [-0.3, -0.25) is 4.79 Å². The van der Waals surface area contributed by atoms with Crippen LogP contribution in [0.4, 0.5) is 8.78 Å². The molecule has 0 bridgehead atoms. The normalized spacial score (nSPS) is 12.8. The van der Waals surface area contributed by atoms with E-state index in [-0.39, 0.29) is 24.6 Å². The number of carbonyl (C=O) groups excluding carboxylic acids is 1. The van der Waals surface area contributed by atoms with Crippen molar-refractivity contribution in [1.29, 1.82) is 0 Å². The molecule has 0 aliphatic heterocycles. The number of nitrogens with zero attached hydrogens (tertiary/aromatic N) is 4. The molecule has 1 amide bonds. The van der Waals surface area contributed by atoms with Crippen molar-refractivity contribution in [3.8, 4) is 11.1 Å². The van der Waals surface area contributed by atoms with Crippen LogP contribution in [0.1, 0.15) is 15.9 Å². The molecule has 1 unspecified atom stereocenters. The number of aliphatic hydroxyl groups is 1. The molecule has 4 rings (SSSR count). The number of likely N-dealkylation sites (N-methyl/N-ethyl adjacent to an activating group) is 1. The third-order valence-electron chi connectivity index (χ3n) is 5.41. The van der Waals surface area contributed by atoms with Gasteiger partial charge in [0.1, 0.15) is 29.9 Å². The van der Waals surface area contributed by atoms with Crippen molar-refractivity contribution in [3.63, 3.8) is 0 Å². The lowest BCUT2D eigenvalue weighted by Gasteiger charge is -2.33. The van der Waals surface area contributed by atoms with Crippen molar-refractivity contribution in [1.82, 2.24) is 19.7 Å². The number of hydrogen-bond donors (Lipinski definition) is 1. The topological polar surface area (TPSA) is 71.2 Å². The number of hydrogen-bond acceptors (Lipinski definition) is 4. The standard InChI is InChI=1S/C25H22F2N4O2/c1-30(24(32)20-9-7-19(8-10-20)18-5-3-2-4-6-18)14-25(33,15-31-17-28-16-29-31)22-12-11-21(26)13-23(22)27/h2-13,16-17,33H,14-15H2,1H3. The summed E-state index contributed by atoms with van der Waals surface area (Å²) in [4.78, 5) is 18.2. The molecule has 0 saturated heterocycles. The van der Waals surface area contributed by atoms with Crippen LogP contribution >= 0.6 is 0 Å². The number of amides is 1. The van der Waals surface area contributed by atoms with Crippen molar-refractivity contribution < 1.29 is 18.7 Å². The maximum atomic E-state index is 14.6. The lowest BCUT2D eigenvalue weighted by Crippen LogP contribution is -2.45. The van der Waals surface area contributed by atoms with Gasteiger partial charge in [-0.05, 0) is 29.3 Å². The Labute approximate surface area is 189 Å². The molecule has 6 nitrogen and oxygen atoms in total. The molecule has 3 aromatic carbocycles. The van der Waals surface area contributed by atoms with Crippen molar-refractivity contribution in [3.05, 3.63) is 108 Å². The van der Waals surface area contributed by atoms with Crippen LogP contribution in [0, 0.1) is 11.6 Å². The summed E-state index contributed by atoms with van der Waals surface area (Å²) in [6.07, 6.45) is 2.65. The molecule has 1 N–H and O–H groups in total. The first-order chi connectivity index (χ1) is 15.9. The maximum absolute atomic E-state index is 14.6. The van der Waals surface area contributed by atoms with Gasteiger partial charge in [0.25, 0.3) is 5.91 Å². The monoisotopic (exact) mass is 448 g/mol. The van der Waals surface area contributed by atoms with E-state index in [9.17, 15) is 18.7 Å². The highest BCUT2D eigenvalue weighted by Gasteiger charge is 2.36. The van der Waals surface area contributed by atoms with Gasteiger partial charge in [0.2, 0.25) is 0 Å². The molecule has 33 heavy (non-hydrogen) atoms. The summed E-state index contributed by atoms with van der Waals surface area (Å²) in [5.41, 5.74) is 0.392. The van der Waals surface area contributed by atoms with Gasteiger partial charge in [0.05, 0.1) is 13.1 Å². The zero-order chi connectivity index (χ0) is 23.4. The first-order valence-corrected chi connectivity index (χ1v) is 10.3. The minimum absolute atomic E-state index is 0.140. The summed E-state index contributed by atoms with van der Waals surface area (Å²) >= 11 is 0. The van der Waals surface area contributed by atoms with Crippen molar-refractivity contribution in [2.45, 2.75) is 12.1 Å². The van der Waals surface area contributed by atoms with Crippen LogP contribution in [0.15, 0.2) is 85.5 Å². The Morgan fingerprint density at radius 2 is 1.73 bits per heavy atom. The third-order valence-corrected chi connectivity index (χ3v) is 5.41. The van der Waals surface area contributed by atoms with Crippen LogP contribution in [0.3, 0.4) is 0 Å². The molecule has 0 saturated carbocycles. The first kappa shape index (κ1) is 22.3. The molecule has 0 spiro atoms. The molecule has 0 fully saturated rings. The molecule has 4 aromatic rings. The van der Waals surface area contributed by atoms with Crippen LogP contribution in [0.5, 0.6) is 0 Å². The fraction of sp³-hybridized carbons (Fsp3) is 0.160. The molecular weight excluding hydrogens is 426 g/mol. The first-order valence-electron chi connectivity index (χ1n) is 10.3. The Morgan fingerprint density at radius 3 is 2.36 bits per heavy atom. The van der Waals surface area contributed by atoms with Crippen molar-refractivity contribution in [2.75, 3.05) is 13.6 Å². The lowest BCUT2D eigenvalue weighted by molar-refractivity contribution is -0.0129. The smallest absolute Gasteiger partial charge is 0.253 e. The quantitative estimate of drug-likeness (QED) is 0.466. The maximum Gasteiger partial charge on any atom is 0.253 e. The second-order valence-corrected chi connectivity index (χ2v) is 7.85. The predicted molar refractivity (Wildman–Crippen MR) is 119 cm³/mol. The van der Waals surface area contributed by atoms with E-state index in [2.05, 4.69) is 10.1 Å². The highest BCUT2D eigenvalue weighted by Crippen LogP contribution is 2.28. The molecule has 168 valence electrons. The van der Waals surface area contributed by atoms with Crippen LogP contribution in [-0.2, 0) is 12.1 Å². The van der Waals surface area contributed by atoms with Crippen LogP contribution in [-0.4, -0.2) is 44.3 Å². The average Bonchev–Trinajstić information content (AvgIpc) is 3.31. The Bertz CT molecular complexity index is 1230. The Balaban J connectivity index is 1.58. The Kier molecular flexibility index (Phi) is 6.28. The second-order valence-electron chi connectivity index (χ2n) is 7.85. The van der Waals surface area contributed by atoms with E-state index in [1.165, 1.54) is 35.4 Å².